The molecule has 0 aliphatic heterocycles. The van der Waals surface area contributed by atoms with Gasteiger partial charge in [-0.25, -0.2) is 0 Å². The molecule has 0 aromatic carbocycles. The number of nitrogens with two attached hydrogens (primary N) is 1. The molecule has 1 atom stereocenters. The molecule has 0 saturated heterocycles. The van der Waals surface area contributed by atoms with E-state index in [1.165, 1.54) is 43.4 Å². The van der Waals surface area contributed by atoms with E-state index in [1.54, 1.807) is 11.3 Å². The van der Waals surface area contributed by atoms with Crippen LogP contribution in [0.3, 0.4) is 0 Å². The van der Waals surface area contributed by atoms with Gasteiger partial charge in [-0.1, -0.05) is 50.9 Å². The largest absolute Gasteiger partial charge is 0.394 e. The van der Waals surface area contributed by atoms with Crippen molar-refractivity contribution in [2.75, 3.05) is 6.61 Å². The van der Waals surface area contributed by atoms with E-state index in [4.69, 9.17) is 5.73 Å². The van der Waals surface area contributed by atoms with Gasteiger partial charge in [-0.2, -0.15) is 0 Å². The van der Waals surface area contributed by atoms with Gasteiger partial charge in [0.1, 0.15) is 0 Å². The molecule has 128 valence electrons. The van der Waals surface area contributed by atoms with Crippen molar-refractivity contribution in [2.45, 2.75) is 76.7 Å². The van der Waals surface area contributed by atoms with Crippen LogP contribution in [0.2, 0.25) is 0 Å². The monoisotopic (exact) mass is 333 g/mol. The Labute approximate surface area is 145 Å². The molecule has 2 nitrogen and oxygen atoms in total. The zero-order chi connectivity index (χ0) is 16.5. The van der Waals surface area contributed by atoms with Crippen LogP contribution < -0.4 is 5.73 Å². The quantitative estimate of drug-likeness (QED) is 0.722. The lowest BCUT2D eigenvalue weighted by Crippen LogP contribution is -2.43. The highest BCUT2D eigenvalue weighted by Crippen LogP contribution is 2.27. The average Bonchev–Trinajstić information content (AvgIpc) is 3.05. The third kappa shape index (κ3) is 6.30. The van der Waals surface area contributed by atoms with E-state index in [9.17, 15) is 5.11 Å². The Bertz CT molecular complexity index is 515. The van der Waals surface area contributed by atoms with Crippen molar-refractivity contribution in [3.63, 3.8) is 0 Å². The minimum atomic E-state index is -0.435. The van der Waals surface area contributed by atoms with Gasteiger partial charge in [0.15, 0.2) is 0 Å². The van der Waals surface area contributed by atoms with Gasteiger partial charge in [-0.15, -0.1) is 11.3 Å². The van der Waals surface area contributed by atoms with Crippen LogP contribution in [-0.2, 0) is 6.42 Å². The number of thiophene rings is 1. The Balaban J connectivity index is 1.75. The molecule has 1 aliphatic rings. The zero-order valence-electron chi connectivity index (χ0n) is 14.4. The second-order valence-corrected chi connectivity index (χ2v) is 8.15. The highest BCUT2D eigenvalue weighted by molar-refractivity contribution is 7.12. The van der Waals surface area contributed by atoms with Gasteiger partial charge in [0.25, 0.3) is 0 Å². The lowest BCUT2D eigenvalue weighted by molar-refractivity contribution is 0.183. The van der Waals surface area contributed by atoms with E-state index in [-0.39, 0.29) is 6.61 Å². The van der Waals surface area contributed by atoms with Gasteiger partial charge < -0.3 is 10.8 Å². The number of aryl methyl sites for hydroxylation is 1. The molecule has 0 amide bonds. The summed E-state index contributed by atoms with van der Waals surface area (Å²) in [7, 11) is 0. The van der Waals surface area contributed by atoms with Crippen molar-refractivity contribution in [3.05, 3.63) is 21.9 Å². The summed E-state index contributed by atoms with van der Waals surface area (Å²) in [6.07, 6.45) is 12.0. The molecule has 1 unspecified atom stereocenters. The summed E-state index contributed by atoms with van der Waals surface area (Å²) in [5.74, 6) is 7.59. The average molecular weight is 334 g/mol. The maximum atomic E-state index is 9.38. The number of hydrogen-bond acceptors (Lipinski definition) is 3. The Hall–Kier alpha value is -0.820. The number of aliphatic hydroxyl groups is 1. The van der Waals surface area contributed by atoms with Gasteiger partial charge in [0.05, 0.1) is 11.5 Å². The van der Waals surface area contributed by atoms with Crippen LogP contribution in [0.15, 0.2) is 12.1 Å². The fourth-order valence-corrected chi connectivity index (χ4v) is 4.10. The van der Waals surface area contributed by atoms with Gasteiger partial charge in [0.2, 0.25) is 0 Å². The van der Waals surface area contributed by atoms with Crippen LogP contribution in [0.1, 0.15) is 74.5 Å². The first-order valence-corrected chi connectivity index (χ1v) is 9.94. The zero-order valence-corrected chi connectivity index (χ0v) is 15.3. The first-order chi connectivity index (χ1) is 11.1. The van der Waals surface area contributed by atoms with E-state index in [0.29, 0.717) is 0 Å². The summed E-state index contributed by atoms with van der Waals surface area (Å²) < 4.78 is 0. The van der Waals surface area contributed by atoms with Crippen LogP contribution in [0.25, 0.3) is 0 Å². The molecule has 3 heteroatoms. The second-order valence-electron chi connectivity index (χ2n) is 6.98. The second kappa shape index (κ2) is 9.47. The van der Waals surface area contributed by atoms with Gasteiger partial charge >= 0.3 is 0 Å². The first-order valence-electron chi connectivity index (χ1n) is 9.12. The summed E-state index contributed by atoms with van der Waals surface area (Å²) >= 11 is 1.77. The minimum absolute atomic E-state index is 0.0582. The Morgan fingerprint density at radius 1 is 1.30 bits per heavy atom. The van der Waals surface area contributed by atoms with Crippen molar-refractivity contribution >= 4 is 11.3 Å². The summed E-state index contributed by atoms with van der Waals surface area (Å²) in [5, 5.41) is 9.38. The molecular formula is C20H31NOS. The maximum Gasteiger partial charge on any atom is 0.0771 e. The number of hydrogen-bond donors (Lipinski definition) is 2. The number of aliphatic hydroxyl groups excluding tert-OH is 1. The molecular weight excluding hydrogens is 302 g/mol. The predicted octanol–water partition coefficient (Wildman–Crippen LogP) is 4.49. The van der Waals surface area contributed by atoms with Crippen molar-refractivity contribution in [1.29, 1.82) is 0 Å². The van der Waals surface area contributed by atoms with Crippen LogP contribution in [-0.4, -0.2) is 17.3 Å². The van der Waals surface area contributed by atoms with E-state index >= 15 is 0 Å². The predicted molar refractivity (Wildman–Crippen MR) is 99.6 cm³/mol. The van der Waals surface area contributed by atoms with Crippen molar-refractivity contribution in [1.82, 2.24) is 0 Å². The molecule has 1 fully saturated rings. The molecule has 23 heavy (non-hydrogen) atoms. The van der Waals surface area contributed by atoms with Crippen LogP contribution in [0, 0.1) is 17.8 Å². The standard InChI is InChI=1S/C20H31NOS/c1-2-20(21,16-22)15-14-19-13-12-18(23-19)11-7-6-10-17-8-4-3-5-9-17/h12-13,17,22H,2-6,8-10,14-16,21H2,1H3. The molecule has 1 aliphatic carbocycles. The van der Waals surface area contributed by atoms with Gasteiger partial charge in [-0.05, 0) is 43.7 Å². The number of rotatable bonds is 7. The fraction of sp³-hybridized carbons (Fsp3) is 0.700. The van der Waals surface area contributed by atoms with E-state index in [2.05, 4.69) is 24.0 Å². The molecule has 2 rings (SSSR count). The van der Waals surface area contributed by atoms with Crippen molar-refractivity contribution in [3.8, 4) is 11.8 Å². The molecule has 1 heterocycles. The normalized spacial score (nSPS) is 18.2. The molecule has 1 aromatic rings. The SMILES string of the molecule is CCC(N)(CO)CCc1ccc(C#CCCC2CCCCC2)s1. The molecule has 0 radical (unpaired) electrons. The van der Waals surface area contributed by atoms with E-state index < -0.39 is 5.54 Å². The van der Waals surface area contributed by atoms with Crippen LogP contribution >= 0.6 is 11.3 Å². The van der Waals surface area contributed by atoms with Gasteiger partial charge in [0, 0.05) is 16.8 Å². The highest BCUT2D eigenvalue weighted by Gasteiger charge is 2.21. The Kier molecular flexibility index (Phi) is 7.62. The summed E-state index contributed by atoms with van der Waals surface area (Å²) in [6.45, 7) is 2.09. The Morgan fingerprint density at radius 3 is 2.78 bits per heavy atom. The third-order valence-corrected chi connectivity index (χ3v) is 6.22. The molecule has 0 spiro atoms. The molecule has 1 saturated carbocycles. The van der Waals surface area contributed by atoms with Crippen LogP contribution in [0.5, 0.6) is 0 Å². The lowest BCUT2D eigenvalue weighted by atomic mass is 9.86. The topological polar surface area (TPSA) is 46.2 Å². The molecule has 1 aromatic heterocycles. The van der Waals surface area contributed by atoms with E-state index in [1.807, 2.05) is 6.92 Å². The fourth-order valence-electron chi connectivity index (χ4n) is 3.22. The van der Waals surface area contributed by atoms with Gasteiger partial charge in [-0.3, -0.25) is 0 Å². The highest BCUT2D eigenvalue weighted by atomic mass is 32.1. The van der Waals surface area contributed by atoms with Crippen molar-refractivity contribution in [2.24, 2.45) is 11.7 Å². The summed E-state index contributed by atoms with van der Waals surface area (Å²) in [4.78, 5) is 2.48. The minimum Gasteiger partial charge on any atom is -0.394 e. The smallest absolute Gasteiger partial charge is 0.0771 e. The maximum absolute atomic E-state index is 9.38. The lowest BCUT2D eigenvalue weighted by Gasteiger charge is -2.25. The van der Waals surface area contributed by atoms with E-state index in [0.717, 1.165) is 36.5 Å². The first kappa shape index (κ1) is 18.5. The summed E-state index contributed by atoms with van der Waals surface area (Å²) in [5.41, 5.74) is 5.71. The van der Waals surface area contributed by atoms with Crippen molar-refractivity contribution < 1.29 is 5.11 Å². The third-order valence-electron chi connectivity index (χ3n) is 5.16. The summed E-state index contributed by atoms with van der Waals surface area (Å²) in [6, 6.07) is 4.28. The van der Waals surface area contributed by atoms with Crippen LogP contribution in [0.4, 0.5) is 0 Å². The Morgan fingerprint density at radius 2 is 2.09 bits per heavy atom. The molecule has 0 bridgehead atoms. The molecule has 3 N–H and O–H groups in total.